The van der Waals surface area contributed by atoms with E-state index in [2.05, 4.69) is 20.5 Å². The summed E-state index contributed by atoms with van der Waals surface area (Å²) in [5.74, 6) is -1.34. The number of nitrogens with zero attached hydrogens (tertiary/aromatic N) is 4. The molecule has 2 heterocycles. The molecule has 0 aliphatic carbocycles. The SMILES string of the molecule is Cc1nnc(SC(C)C(=O)Nc2nc(-c3ccc(F)c(F)c3)cs2)n1Cc1ccccc1. The molecule has 0 saturated carbocycles. The number of thiazole rings is 1. The van der Waals surface area contributed by atoms with Crippen molar-refractivity contribution in [3.05, 3.63) is 76.9 Å². The molecule has 1 atom stereocenters. The summed E-state index contributed by atoms with van der Waals surface area (Å²) in [6.45, 7) is 4.27. The molecule has 32 heavy (non-hydrogen) atoms. The zero-order valence-electron chi connectivity index (χ0n) is 17.3. The Hall–Kier alpha value is -3.11. The van der Waals surface area contributed by atoms with E-state index in [0.29, 0.717) is 28.1 Å². The largest absolute Gasteiger partial charge is 0.302 e. The van der Waals surface area contributed by atoms with Crippen LogP contribution in [0.15, 0.2) is 59.1 Å². The fourth-order valence-corrected chi connectivity index (χ4v) is 4.55. The summed E-state index contributed by atoms with van der Waals surface area (Å²) >= 11 is 2.52. The number of hydrogen-bond donors (Lipinski definition) is 1. The number of amides is 1. The maximum atomic E-state index is 13.5. The number of thioether (sulfide) groups is 1. The first-order valence-corrected chi connectivity index (χ1v) is 11.5. The summed E-state index contributed by atoms with van der Waals surface area (Å²) in [5.41, 5.74) is 2.01. The predicted octanol–water partition coefficient (Wildman–Crippen LogP) is 5.16. The first-order valence-electron chi connectivity index (χ1n) is 9.73. The first kappa shape index (κ1) is 22.1. The molecule has 1 unspecified atom stereocenters. The van der Waals surface area contributed by atoms with E-state index in [1.807, 2.05) is 41.8 Å². The van der Waals surface area contributed by atoms with Gasteiger partial charge in [0.25, 0.3) is 0 Å². The van der Waals surface area contributed by atoms with Gasteiger partial charge < -0.3 is 9.88 Å². The van der Waals surface area contributed by atoms with Gasteiger partial charge in [-0.3, -0.25) is 4.79 Å². The van der Waals surface area contributed by atoms with Crippen molar-refractivity contribution in [2.75, 3.05) is 5.32 Å². The van der Waals surface area contributed by atoms with Gasteiger partial charge in [0.05, 0.1) is 17.5 Å². The Balaban J connectivity index is 1.42. The second-order valence-corrected chi connectivity index (χ2v) is 9.18. The Morgan fingerprint density at radius 1 is 1.16 bits per heavy atom. The molecule has 4 aromatic rings. The van der Waals surface area contributed by atoms with Crippen LogP contribution in [0.4, 0.5) is 13.9 Å². The van der Waals surface area contributed by atoms with Gasteiger partial charge in [-0.05, 0) is 37.6 Å². The number of benzene rings is 2. The van der Waals surface area contributed by atoms with Crippen molar-refractivity contribution in [1.82, 2.24) is 19.7 Å². The van der Waals surface area contributed by atoms with Crippen molar-refractivity contribution >= 4 is 34.1 Å². The lowest BCUT2D eigenvalue weighted by Gasteiger charge is -2.12. The molecule has 2 aromatic heterocycles. The fraction of sp³-hybridized carbons (Fsp3) is 0.182. The molecule has 1 amide bonds. The van der Waals surface area contributed by atoms with Gasteiger partial charge in [0.15, 0.2) is 21.9 Å². The monoisotopic (exact) mass is 471 g/mol. The van der Waals surface area contributed by atoms with Crippen LogP contribution in [0.1, 0.15) is 18.3 Å². The van der Waals surface area contributed by atoms with E-state index in [1.165, 1.54) is 29.2 Å². The predicted molar refractivity (Wildman–Crippen MR) is 122 cm³/mol. The minimum atomic E-state index is -0.944. The lowest BCUT2D eigenvalue weighted by atomic mass is 10.2. The molecular weight excluding hydrogens is 452 g/mol. The van der Waals surface area contributed by atoms with Gasteiger partial charge >= 0.3 is 0 Å². The van der Waals surface area contributed by atoms with Gasteiger partial charge in [0.1, 0.15) is 5.82 Å². The third kappa shape index (κ3) is 5.03. The highest BCUT2D eigenvalue weighted by Gasteiger charge is 2.20. The molecule has 0 spiro atoms. The Bertz CT molecular complexity index is 1240. The smallest absolute Gasteiger partial charge is 0.239 e. The topological polar surface area (TPSA) is 72.7 Å². The number of carbonyl (C=O) groups excluding carboxylic acids is 1. The van der Waals surface area contributed by atoms with Crippen LogP contribution >= 0.6 is 23.1 Å². The van der Waals surface area contributed by atoms with Crippen LogP contribution < -0.4 is 5.32 Å². The zero-order chi connectivity index (χ0) is 22.7. The number of anilines is 1. The van der Waals surface area contributed by atoms with Crippen molar-refractivity contribution < 1.29 is 13.6 Å². The van der Waals surface area contributed by atoms with Crippen molar-refractivity contribution in [2.45, 2.75) is 30.8 Å². The summed E-state index contributed by atoms with van der Waals surface area (Å²) in [5, 5.41) is 13.4. The number of nitrogens with one attached hydrogen (secondary N) is 1. The zero-order valence-corrected chi connectivity index (χ0v) is 18.9. The van der Waals surface area contributed by atoms with E-state index in [-0.39, 0.29) is 5.91 Å². The number of carbonyl (C=O) groups is 1. The Morgan fingerprint density at radius 3 is 2.69 bits per heavy atom. The van der Waals surface area contributed by atoms with Crippen LogP contribution in [-0.4, -0.2) is 30.9 Å². The molecule has 164 valence electrons. The van der Waals surface area contributed by atoms with Gasteiger partial charge in [-0.1, -0.05) is 42.1 Å². The van der Waals surface area contributed by atoms with E-state index in [9.17, 15) is 13.6 Å². The number of aromatic nitrogens is 4. The number of hydrogen-bond acceptors (Lipinski definition) is 6. The molecule has 2 aromatic carbocycles. The quantitative estimate of drug-likeness (QED) is 0.377. The van der Waals surface area contributed by atoms with E-state index >= 15 is 0 Å². The minimum absolute atomic E-state index is 0.242. The summed E-state index contributed by atoms with van der Waals surface area (Å²) in [4.78, 5) is 17.0. The first-order chi connectivity index (χ1) is 15.4. The van der Waals surface area contributed by atoms with Gasteiger partial charge in [-0.15, -0.1) is 21.5 Å². The van der Waals surface area contributed by atoms with Crippen LogP contribution in [0.2, 0.25) is 0 Å². The molecule has 0 bridgehead atoms. The van der Waals surface area contributed by atoms with E-state index in [1.54, 1.807) is 12.3 Å². The molecule has 1 N–H and O–H groups in total. The molecule has 10 heteroatoms. The van der Waals surface area contributed by atoms with E-state index in [0.717, 1.165) is 23.5 Å². The third-order valence-electron chi connectivity index (χ3n) is 4.69. The second kappa shape index (κ2) is 9.58. The summed E-state index contributed by atoms with van der Waals surface area (Å²) in [6, 6.07) is 13.5. The molecule has 0 saturated heterocycles. The minimum Gasteiger partial charge on any atom is -0.302 e. The van der Waals surface area contributed by atoms with Crippen LogP contribution in [0.5, 0.6) is 0 Å². The molecule has 0 aliphatic rings. The maximum Gasteiger partial charge on any atom is 0.239 e. The summed E-state index contributed by atoms with van der Waals surface area (Å²) in [7, 11) is 0. The number of halogens is 2. The van der Waals surface area contributed by atoms with Gasteiger partial charge in [0, 0.05) is 10.9 Å². The lowest BCUT2D eigenvalue weighted by Crippen LogP contribution is -2.23. The molecule has 4 rings (SSSR count). The van der Waals surface area contributed by atoms with Crippen molar-refractivity contribution in [3.63, 3.8) is 0 Å². The third-order valence-corrected chi connectivity index (χ3v) is 6.52. The number of rotatable bonds is 7. The van der Waals surface area contributed by atoms with Gasteiger partial charge in [-0.25, -0.2) is 13.8 Å². The lowest BCUT2D eigenvalue weighted by molar-refractivity contribution is -0.115. The van der Waals surface area contributed by atoms with Crippen molar-refractivity contribution in [3.8, 4) is 11.3 Å². The molecule has 6 nitrogen and oxygen atoms in total. The Morgan fingerprint density at radius 2 is 1.94 bits per heavy atom. The number of aryl methyl sites for hydroxylation is 1. The Kier molecular flexibility index (Phi) is 6.61. The summed E-state index contributed by atoms with van der Waals surface area (Å²) < 4.78 is 28.6. The van der Waals surface area contributed by atoms with Crippen LogP contribution in [0, 0.1) is 18.6 Å². The Labute approximate surface area is 191 Å². The van der Waals surface area contributed by atoms with Gasteiger partial charge in [-0.2, -0.15) is 0 Å². The summed E-state index contributed by atoms with van der Waals surface area (Å²) in [6.07, 6.45) is 0. The average Bonchev–Trinajstić information content (AvgIpc) is 3.38. The van der Waals surface area contributed by atoms with Crippen LogP contribution in [0.3, 0.4) is 0 Å². The average molecular weight is 472 g/mol. The molecule has 0 fully saturated rings. The highest BCUT2D eigenvalue weighted by atomic mass is 32.2. The van der Waals surface area contributed by atoms with Crippen LogP contribution in [-0.2, 0) is 11.3 Å². The molecular formula is C22H19F2N5OS2. The van der Waals surface area contributed by atoms with E-state index < -0.39 is 16.9 Å². The fourth-order valence-electron chi connectivity index (χ4n) is 2.93. The van der Waals surface area contributed by atoms with E-state index in [4.69, 9.17) is 0 Å². The van der Waals surface area contributed by atoms with Crippen LogP contribution in [0.25, 0.3) is 11.3 Å². The normalized spacial score (nSPS) is 12.0. The molecule has 0 aliphatic heterocycles. The van der Waals surface area contributed by atoms with Crippen molar-refractivity contribution in [2.24, 2.45) is 0 Å². The highest BCUT2D eigenvalue weighted by Crippen LogP contribution is 2.28. The van der Waals surface area contributed by atoms with Crippen molar-refractivity contribution in [1.29, 1.82) is 0 Å². The van der Waals surface area contributed by atoms with Gasteiger partial charge in [0.2, 0.25) is 5.91 Å². The second-order valence-electron chi connectivity index (χ2n) is 7.02. The highest BCUT2D eigenvalue weighted by molar-refractivity contribution is 8.00. The standard InChI is InChI=1S/C22H19F2N5OS2/c1-13(32-22-28-27-14(2)29(22)11-15-6-4-3-5-7-15)20(30)26-21-25-19(12-31-21)16-8-9-17(23)18(24)10-16/h3-10,12-13H,11H2,1-2H3,(H,25,26,30). The maximum absolute atomic E-state index is 13.5. The molecule has 0 radical (unpaired) electrons.